The van der Waals surface area contributed by atoms with Gasteiger partial charge in [-0.2, -0.15) is 0 Å². The molecule has 0 aliphatic carbocycles. The first-order chi connectivity index (χ1) is 7.36. The zero-order valence-electron chi connectivity index (χ0n) is 8.98. The first-order valence-electron chi connectivity index (χ1n) is 5.09. The summed E-state index contributed by atoms with van der Waals surface area (Å²) in [5, 5.41) is 0. The molecule has 0 atom stereocenters. The maximum Gasteiger partial charge on any atom is 0.0186 e. The van der Waals surface area contributed by atoms with E-state index in [9.17, 15) is 0 Å². The monoisotopic (exact) mass is 236 g/mol. The molecule has 0 heterocycles. The smallest absolute Gasteiger partial charge is 0.0186 e. The normalized spacial score (nSPS) is 11.4. The van der Waals surface area contributed by atoms with Crippen LogP contribution in [-0.2, 0) is 0 Å². The summed E-state index contributed by atoms with van der Waals surface area (Å²) in [7, 11) is 3.55. The van der Waals surface area contributed by atoms with Crippen LogP contribution < -0.4 is 0 Å². The molecule has 1 aromatic carbocycles. The second kappa shape index (κ2) is 7.66. The number of allylic oxidation sites excluding steroid dienone is 2. The third-order valence-electron chi connectivity index (χ3n) is 1.81. The Hall–Kier alpha value is -0.600. The molecule has 0 N–H and O–H groups in total. The second-order valence-corrected chi connectivity index (χ2v) is 5.36. The molecule has 1 rings (SSSR count). The molecule has 0 bridgehead atoms. The first-order valence-corrected chi connectivity index (χ1v) is 7.24. The van der Waals surface area contributed by atoms with E-state index in [1.165, 1.54) is 16.2 Å². The zero-order chi connectivity index (χ0) is 10.9. The Morgan fingerprint density at radius 2 is 2.07 bits per heavy atom. The average molecular weight is 236 g/mol. The number of hydrogen-bond donors (Lipinski definition) is 0. The van der Waals surface area contributed by atoms with Crippen molar-refractivity contribution in [2.45, 2.75) is 24.7 Å². The zero-order valence-corrected chi connectivity index (χ0v) is 10.6. The van der Waals surface area contributed by atoms with E-state index in [2.05, 4.69) is 43.8 Å². The fourth-order valence-corrected chi connectivity index (χ4v) is 3.04. The van der Waals surface area contributed by atoms with Gasteiger partial charge in [-0.05, 0) is 18.6 Å². The molecule has 0 saturated carbocycles. The minimum absolute atomic E-state index is 1.13. The Bertz CT molecular complexity index is 315. The van der Waals surface area contributed by atoms with E-state index < -0.39 is 0 Å². The van der Waals surface area contributed by atoms with Crippen molar-refractivity contribution in [3.63, 3.8) is 0 Å². The summed E-state index contributed by atoms with van der Waals surface area (Å²) in [6, 6.07) is 10.4. The van der Waals surface area contributed by atoms with Gasteiger partial charge in [0, 0.05) is 9.80 Å². The Morgan fingerprint density at radius 1 is 1.33 bits per heavy atom. The maximum absolute atomic E-state index is 3.82. The van der Waals surface area contributed by atoms with Crippen LogP contribution in [0.2, 0.25) is 0 Å². The predicted molar refractivity (Wildman–Crippen MR) is 73.1 cm³/mol. The Balaban J connectivity index is 2.44. The number of benzene rings is 1. The van der Waals surface area contributed by atoms with Crippen LogP contribution in [-0.4, -0.2) is 0 Å². The van der Waals surface area contributed by atoms with Gasteiger partial charge in [0.05, 0.1) is 0 Å². The van der Waals surface area contributed by atoms with Gasteiger partial charge in [0.25, 0.3) is 0 Å². The van der Waals surface area contributed by atoms with Crippen LogP contribution in [0.5, 0.6) is 0 Å². The summed E-state index contributed by atoms with van der Waals surface area (Å²) >= 11 is 0. The molecule has 0 fully saturated rings. The van der Waals surface area contributed by atoms with Crippen LogP contribution in [0.25, 0.3) is 0 Å². The van der Waals surface area contributed by atoms with Gasteiger partial charge in [0.2, 0.25) is 0 Å². The molecule has 0 saturated heterocycles. The van der Waals surface area contributed by atoms with Gasteiger partial charge in [-0.1, -0.05) is 71.9 Å². The fourth-order valence-electron chi connectivity index (χ4n) is 1.01. The third-order valence-corrected chi connectivity index (χ3v) is 4.29. The van der Waals surface area contributed by atoms with E-state index >= 15 is 0 Å². The molecule has 0 unspecified atom stereocenters. The van der Waals surface area contributed by atoms with Crippen molar-refractivity contribution < 1.29 is 0 Å². The van der Waals surface area contributed by atoms with E-state index in [1.807, 2.05) is 12.1 Å². The summed E-state index contributed by atoms with van der Waals surface area (Å²) in [5.74, 6) is 0. The number of rotatable bonds is 6. The summed E-state index contributed by atoms with van der Waals surface area (Å²) in [6.07, 6.45) is 6.49. The molecule has 0 spiro atoms. The van der Waals surface area contributed by atoms with Crippen LogP contribution in [0.3, 0.4) is 0 Å². The largest absolute Gasteiger partial charge is 0.0979 e. The van der Waals surface area contributed by atoms with Crippen LogP contribution in [0.4, 0.5) is 0 Å². The first kappa shape index (κ1) is 12.5. The van der Waals surface area contributed by atoms with Gasteiger partial charge in [-0.25, -0.2) is 0 Å². The highest BCUT2D eigenvalue weighted by atomic mass is 33.1. The Morgan fingerprint density at radius 3 is 2.67 bits per heavy atom. The summed E-state index contributed by atoms with van der Waals surface area (Å²) in [4.78, 5) is 2.54. The van der Waals surface area contributed by atoms with Gasteiger partial charge in [-0.3, -0.25) is 0 Å². The topological polar surface area (TPSA) is 0 Å². The van der Waals surface area contributed by atoms with Crippen molar-refractivity contribution in [1.82, 2.24) is 0 Å². The molecule has 0 radical (unpaired) electrons. The summed E-state index contributed by atoms with van der Waals surface area (Å²) in [5.41, 5.74) is 0. The molecule has 0 aliphatic rings. The van der Waals surface area contributed by atoms with Crippen molar-refractivity contribution >= 4 is 21.6 Å². The minimum Gasteiger partial charge on any atom is -0.0979 e. The van der Waals surface area contributed by atoms with Crippen molar-refractivity contribution in [2.75, 3.05) is 0 Å². The van der Waals surface area contributed by atoms with Gasteiger partial charge >= 0.3 is 0 Å². The second-order valence-electron chi connectivity index (χ2n) is 3.08. The number of hydrogen-bond acceptors (Lipinski definition) is 2. The molecular formula is C13H16S2. The SMILES string of the molecule is C=C/C(=C\CCC)SSc1ccccc1. The van der Waals surface area contributed by atoms with Crippen molar-refractivity contribution in [1.29, 1.82) is 0 Å². The lowest BCUT2D eigenvalue weighted by atomic mass is 10.3. The van der Waals surface area contributed by atoms with Crippen LogP contribution >= 0.6 is 21.6 Å². The van der Waals surface area contributed by atoms with Gasteiger partial charge in [0.1, 0.15) is 0 Å². The molecule has 0 amide bonds. The lowest BCUT2D eigenvalue weighted by Gasteiger charge is -2.01. The van der Waals surface area contributed by atoms with E-state index in [0.717, 1.165) is 6.42 Å². The lowest BCUT2D eigenvalue weighted by molar-refractivity contribution is 0.958. The van der Waals surface area contributed by atoms with E-state index in [1.54, 1.807) is 21.6 Å². The van der Waals surface area contributed by atoms with Crippen molar-refractivity contribution in [3.8, 4) is 0 Å². The fraction of sp³-hybridized carbons (Fsp3) is 0.231. The molecular weight excluding hydrogens is 220 g/mol. The highest BCUT2D eigenvalue weighted by Crippen LogP contribution is 2.37. The van der Waals surface area contributed by atoms with Crippen LogP contribution in [0.15, 0.2) is 58.9 Å². The predicted octanol–water partition coefficient (Wildman–Crippen LogP) is 5.30. The third kappa shape index (κ3) is 5.14. The quantitative estimate of drug-likeness (QED) is 0.486. The minimum atomic E-state index is 1.13. The molecule has 15 heavy (non-hydrogen) atoms. The summed E-state index contributed by atoms with van der Waals surface area (Å²) in [6.45, 7) is 6.01. The van der Waals surface area contributed by atoms with Gasteiger partial charge in [-0.15, -0.1) is 0 Å². The summed E-state index contributed by atoms with van der Waals surface area (Å²) < 4.78 is 0. The highest BCUT2D eigenvalue weighted by Gasteiger charge is 1.96. The Kier molecular flexibility index (Phi) is 6.37. The molecule has 2 heteroatoms. The average Bonchev–Trinajstić information content (AvgIpc) is 2.31. The Labute approximate surface area is 100 Å². The molecule has 1 aromatic rings. The van der Waals surface area contributed by atoms with Crippen molar-refractivity contribution in [3.05, 3.63) is 54.0 Å². The van der Waals surface area contributed by atoms with E-state index in [0.29, 0.717) is 0 Å². The molecule has 0 nitrogen and oxygen atoms in total. The van der Waals surface area contributed by atoms with E-state index in [4.69, 9.17) is 0 Å². The molecule has 0 aromatic heterocycles. The van der Waals surface area contributed by atoms with E-state index in [-0.39, 0.29) is 0 Å². The molecule has 0 aliphatic heterocycles. The standard InChI is InChI=1S/C13H16S2/c1-3-5-9-12(4-2)14-15-13-10-7-6-8-11-13/h4,6-11H,2-3,5H2,1H3/b12-9+. The van der Waals surface area contributed by atoms with Gasteiger partial charge in [0.15, 0.2) is 0 Å². The van der Waals surface area contributed by atoms with Crippen molar-refractivity contribution in [2.24, 2.45) is 0 Å². The lowest BCUT2D eigenvalue weighted by Crippen LogP contribution is -1.70. The number of unbranched alkanes of at least 4 members (excludes halogenated alkanes) is 1. The van der Waals surface area contributed by atoms with Gasteiger partial charge < -0.3 is 0 Å². The van der Waals surface area contributed by atoms with Crippen LogP contribution in [0, 0.1) is 0 Å². The molecule has 80 valence electrons. The maximum atomic E-state index is 3.82. The van der Waals surface area contributed by atoms with Crippen LogP contribution in [0.1, 0.15) is 19.8 Å². The highest BCUT2D eigenvalue weighted by molar-refractivity contribution is 8.78.